The number of hydrogen-bond donors (Lipinski definition) is 2. The van der Waals surface area contributed by atoms with E-state index in [1.807, 2.05) is 38.1 Å². The van der Waals surface area contributed by atoms with Crippen LogP contribution in [0.3, 0.4) is 0 Å². The van der Waals surface area contributed by atoms with E-state index in [4.69, 9.17) is 25.8 Å². The largest absolute Gasteiger partial charge is 0.497 e. The number of methoxy groups -OCH3 is 1. The Bertz CT molecular complexity index is 589. The molecule has 1 aromatic rings. The molecule has 0 spiro atoms. The summed E-state index contributed by atoms with van der Waals surface area (Å²) >= 11 is 0. The maximum Gasteiger partial charge on any atom is 0.226 e. The van der Waals surface area contributed by atoms with E-state index in [9.17, 15) is 0 Å². The number of nitrogens with zero attached hydrogens (tertiary/aromatic N) is 3. The first kappa shape index (κ1) is 20.0. The summed E-state index contributed by atoms with van der Waals surface area (Å²) in [7, 11) is 1.63. The molecule has 0 radical (unpaired) electrons. The Morgan fingerprint density at radius 2 is 1.71 bits per heavy atom. The summed E-state index contributed by atoms with van der Waals surface area (Å²) in [4.78, 5) is 13.7. The highest BCUT2D eigenvalue weighted by molar-refractivity contribution is 8.93. The molecule has 0 saturated carbocycles. The molecule has 24 heavy (non-hydrogen) atoms. The lowest BCUT2D eigenvalue weighted by Gasteiger charge is -2.36. The molecule has 1 heterocycles. The summed E-state index contributed by atoms with van der Waals surface area (Å²) < 4.78 is 10.7. The fourth-order valence-electron chi connectivity index (χ4n) is 2.09. The van der Waals surface area contributed by atoms with Gasteiger partial charge in [0.1, 0.15) is 11.5 Å². The number of guanidine groups is 2. The van der Waals surface area contributed by atoms with E-state index in [0.29, 0.717) is 19.6 Å². The van der Waals surface area contributed by atoms with Gasteiger partial charge in [0.2, 0.25) is 11.9 Å². The van der Waals surface area contributed by atoms with Gasteiger partial charge in [-0.25, -0.2) is 4.99 Å². The number of ether oxygens (including phenoxy) is 2. The average Bonchev–Trinajstić information content (AvgIpc) is 2.49. The number of benzene rings is 1. The molecule has 8 nitrogen and oxygen atoms in total. The van der Waals surface area contributed by atoms with Gasteiger partial charge in [-0.1, -0.05) is 0 Å². The zero-order valence-corrected chi connectivity index (χ0v) is 15.8. The predicted molar refractivity (Wildman–Crippen MR) is 98.5 cm³/mol. The third-order valence-corrected chi connectivity index (χ3v) is 3.16. The molecular formula is C15H24BrN5O3. The Morgan fingerprint density at radius 1 is 1.08 bits per heavy atom. The van der Waals surface area contributed by atoms with Crippen LogP contribution >= 0.6 is 17.0 Å². The van der Waals surface area contributed by atoms with Crippen molar-refractivity contribution < 1.29 is 14.3 Å². The Labute approximate surface area is 152 Å². The lowest BCUT2D eigenvalue weighted by molar-refractivity contribution is -0.158. The zero-order valence-electron chi connectivity index (χ0n) is 14.1. The van der Waals surface area contributed by atoms with Gasteiger partial charge in [-0.05, 0) is 38.1 Å². The second-order valence-electron chi connectivity index (χ2n) is 5.44. The van der Waals surface area contributed by atoms with Crippen molar-refractivity contribution in [2.45, 2.75) is 25.9 Å². The maximum atomic E-state index is 5.83. The highest BCUT2D eigenvalue weighted by Crippen LogP contribution is 2.20. The second kappa shape index (κ2) is 8.74. The summed E-state index contributed by atoms with van der Waals surface area (Å²) in [6.45, 7) is 4.62. The van der Waals surface area contributed by atoms with E-state index < -0.39 is 5.66 Å². The first-order chi connectivity index (χ1) is 10.9. The topological polar surface area (TPSA) is 108 Å². The van der Waals surface area contributed by atoms with Crippen LogP contribution in [0, 0.1) is 0 Å². The van der Waals surface area contributed by atoms with Crippen molar-refractivity contribution in [3.8, 4) is 11.5 Å². The Kier molecular flexibility index (Phi) is 7.30. The zero-order chi connectivity index (χ0) is 16.9. The Balaban J connectivity index is 0.00000288. The van der Waals surface area contributed by atoms with E-state index in [2.05, 4.69) is 9.98 Å². The third kappa shape index (κ3) is 5.27. The summed E-state index contributed by atoms with van der Waals surface area (Å²) in [5.74, 6) is 1.92. The molecule has 1 aromatic carbocycles. The molecule has 0 atom stereocenters. The van der Waals surface area contributed by atoms with Crippen molar-refractivity contribution in [2.24, 2.45) is 21.5 Å². The van der Waals surface area contributed by atoms with Crippen molar-refractivity contribution >= 4 is 28.9 Å². The van der Waals surface area contributed by atoms with E-state index in [0.717, 1.165) is 11.5 Å². The average molecular weight is 402 g/mol. The van der Waals surface area contributed by atoms with E-state index >= 15 is 0 Å². The smallest absolute Gasteiger partial charge is 0.226 e. The quantitative estimate of drug-likeness (QED) is 0.672. The van der Waals surface area contributed by atoms with Gasteiger partial charge < -0.3 is 20.9 Å². The standard InChI is InChI=1S/C15H23N5O3.BrH/c1-15(2)19-13(16)18-14(17)20(15)23-10-4-9-22-12-7-5-11(21-3)6-8-12;/h5-8H,4,9-10H2,1-3H3,(H4,16,17,18,19);1H. The lowest BCUT2D eigenvalue weighted by Crippen LogP contribution is -2.53. The van der Waals surface area contributed by atoms with Crippen LogP contribution in [-0.2, 0) is 4.84 Å². The molecule has 134 valence electrons. The van der Waals surface area contributed by atoms with E-state index in [1.165, 1.54) is 5.06 Å². The highest BCUT2D eigenvalue weighted by atomic mass is 79.9. The van der Waals surface area contributed by atoms with Crippen LogP contribution in [0.2, 0.25) is 0 Å². The van der Waals surface area contributed by atoms with Crippen LogP contribution in [-0.4, -0.2) is 43.0 Å². The molecule has 0 amide bonds. The van der Waals surface area contributed by atoms with Crippen LogP contribution in [0.1, 0.15) is 20.3 Å². The van der Waals surface area contributed by atoms with Gasteiger partial charge >= 0.3 is 0 Å². The second-order valence-corrected chi connectivity index (χ2v) is 5.44. The molecule has 0 aliphatic carbocycles. The predicted octanol–water partition coefficient (Wildman–Crippen LogP) is 1.65. The van der Waals surface area contributed by atoms with Gasteiger partial charge in [-0.3, -0.25) is 4.84 Å². The first-order valence-corrected chi connectivity index (χ1v) is 7.32. The first-order valence-electron chi connectivity index (χ1n) is 7.32. The molecule has 9 heteroatoms. The number of hydroxylamine groups is 2. The molecule has 0 fully saturated rings. The van der Waals surface area contributed by atoms with Gasteiger partial charge in [0, 0.05) is 6.42 Å². The lowest BCUT2D eigenvalue weighted by atomic mass is 10.2. The molecule has 0 unspecified atom stereocenters. The van der Waals surface area contributed by atoms with Gasteiger partial charge in [0.05, 0.1) is 20.3 Å². The van der Waals surface area contributed by atoms with Crippen molar-refractivity contribution in [1.29, 1.82) is 0 Å². The normalized spacial score (nSPS) is 15.9. The molecule has 4 N–H and O–H groups in total. The SMILES string of the molecule is Br.COc1ccc(OCCCON2C(N)=NC(N)=NC2(C)C)cc1. The minimum Gasteiger partial charge on any atom is -0.497 e. The molecule has 0 saturated heterocycles. The van der Waals surface area contributed by atoms with Crippen molar-refractivity contribution in [3.63, 3.8) is 0 Å². The fourth-order valence-corrected chi connectivity index (χ4v) is 2.09. The Hall–Kier alpha value is -2.00. The number of hydrogen-bond acceptors (Lipinski definition) is 8. The summed E-state index contributed by atoms with van der Waals surface area (Å²) in [5, 5.41) is 1.46. The van der Waals surface area contributed by atoms with Crippen molar-refractivity contribution in [1.82, 2.24) is 5.06 Å². The summed E-state index contributed by atoms with van der Waals surface area (Å²) in [6, 6.07) is 7.41. The van der Waals surface area contributed by atoms with Crippen LogP contribution in [0.25, 0.3) is 0 Å². The van der Waals surface area contributed by atoms with E-state index in [1.54, 1.807) is 7.11 Å². The molecule has 0 bridgehead atoms. The van der Waals surface area contributed by atoms with E-state index in [-0.39, 0.29) is 28.9 Å². The maximum absolute atomic E-state index is 5.83. The summed E-state index contributed by atoms with van der Waals surface area (Å²) in [5.41, 5.74) is 10.7. The van der Waals surface area contributed by atoms with Gasteiger partial charge in [-0.2, -0.15) is 10.1 Å². The molecule has 1 aliphatic heterocycles. The fraction of sp³-hybridized carbons (Fsp3) is 0.467. The molecule has 0 aromatic heterocycles. The van der Waals surface area contributed by atoms with Crippen LogP contribution in [0.5, 0.6) is 11.5 Å². The minimum atomic E-state index is -0.688. The number of nitrogens with two attached hydrogens (primary N) is 2. The van der Waals surface area contributed by atoms with Crippen molar-refractivity contribution in [3.05, 3.63) is 24.3 Å². The number of rotatable bonds is 7. The molecular weight excluding hydrogens is 378 g/mol. The van der Waals surface area contributed by atoms with Crippen LogP contribution in [0.4, 0.5) is 0 Å². The van der Waals surface area contributed by atoms with Crippen LogP contribution in [0.15, 0.2) is 34.3 Å². The third-order valence-electron chi connectivity index (χ3n) is 3.16. The monoisotopic (exact) mass is 401 g/mol. The van der Waals surface area contributed by atoms with Crippen molar-refractivity contribution in [2.75, 3.05) is 20.3 Å². The highest BCUT2D eigenvalue weighted by Gasteiger charge is 2.32. The van der Waals surface area contributed by atoms with Gasteiger partial charge in [0.25, 0.3) is 0 Å². The summed E-state index contributed by atoms with van der Waals surface area (Å²) in [6.07, 6.45) is 0.686. The number of aliphatic imine (C=N–C) groups is 2. The Morgan fingerprint density at radius 3 is 2.29 bits per heavy atom. The molecule has 1 aliphatic rings. The van der Waals surface area contributed by atoms with Gasteiger partial charge in [0.15, 0.2) is 5.66 Å². The minimum absolute atomic E-state index is 0. The molecule has 2 rings (SSSR count). The van der Waals surface area contributed by atoms with Crippen LogP contribution < -0.4 is 20.9 Å². The number of halogens is 1. The van der Waals surface area contributed by atoms with Gasteiger partial charge in [-0.15, -0.1) is 17.0 Å².